The smallest absolute Gasteiger partial charge is 0.253 e. The summed E-state index contributed by atoms with van der Waals surface area (Å²) in [4.78, 5) is 13.0. The second-order valence-corrected chi connectivity index (χ2v) is 15.1. The predicted octanol–water partition coefficient (Wildman–Crippen LogP) is 7.08. The number of carbonyl (C=O) groups is 1. The maximum Gasteiger partial charge on any atom is 0.253 e. The van der Waals surface area contributed by atoms with Crippen molar-refractivity contribution in [2.24, 2.45) is 0 Å². The lowest BCUT2D eigenvalue weighted by atomic mass is 9.99. The van der Waals surface area contributed by atoms with Gasteiger partial charge in [-0.3, -0.25) is 4.79 Å². The zero-order valence-electron chi connectivity index (χ0n) is 33.6. The fourth-order valence-corrected chi connectivity index (χ4v) is 6.57. The molecule has 1 heterocycles. The Balaban J connectivity index is 2.59. The molecule has 0 radical (unpaired) electrons. The van der Waals surface area contributed by atoms with Gasteiger partial charge in [-0.05, 0) is 45.4 Å². The highest BCUT2D eigenvalue weighted by molar-refractivity contribution is 5.82. The molecule has 0 saturated carbocycles. The first-order chi connectivity index (χ1) is 25.7. The Labute approximate surface area is 322 Å². The molecule has 5 unspecified atom stereocenters. The minimum Gasteiger partial charge on any atom is -0.394 e. The maximum atomic E-state index is 13.0. The van der Waals surface area contributed by atoms with Crippen molar-refractivity contribution in [3.8, 4) is 0 Å². The predicted molar refractivity (Wildman–Crippen MR) is 213 cm³/mol. The number of unbranched alkanes of at least 4 members (excludes halogenated alkanes) is 19. The van der Waals surface area contributed by atoms with Crippen LogP contribution in [0.3, 0.4) is 0 Å². The first-order valence-electron chi connectivity index (χ1n) is 21.2. The summed E-state index contributed by atoms with van der Waals surface area (Å²) in [5.74, 6) is -0.713. The molecule has 0 aromatic rings. The summed E-state index contributed by atoms with van der Waals surface area (Å²) in [6.07, 6.45) is 26.3. The molecule has 0 aromatic heterocycles. The molecule has 8 atom stereocenters. The molecule has 310 valence electrons. The molecule has 0 aliphatic carbocycles. The number of carbonyl (C=O) groups excluding carboxylic acids is 1. The minimum atomic E-state index is -1.62. The van der Waals surface area contributed by atoms with Gasteiger partial charge in [0, 0.05) is 0 Å². The van der Waals surface area contributed by atoms with Gasteiger partial charge < -0.3 is 45.4 Å². The number of allylic oxidation sites excluding steroid dienone is 4. The van der Waals surface area contributed by atoms with Crippen LogP contribution < -0.4 is 5.32 Å². The van der Waals surface area contributed by atoms with E-state index in [1.54, 1.807) is 12.2 Å². The lowest BCUT2D eigenvalue weighted by molar-refractivity contribution is -0.302. The van der Waals surface area contributed by atoms with Crippen molar-refractivity contribution in [2.75, 3.05) is 13.2 Å². The van der Waals surface area contributed by atoms with Crippen molar-refractivity contribution in [2.45, 2.75) is 217 Å². The van der Waals surface area contributed by atoms with Gasteiger partial charge in [0.1, 0.15) is 24.4 Å². The maximum absolute atomic E-state index is 13.0. The third-order valence-electron chi connectivity index (χ3n) is 10.2. The Kier molecular flexibility index (Phi) is 30.4. The van der Waals surface area contributed by atoms with Crippen LogP contribution in [0.2, 0.25) is 0 Å². The normalized spacial score (nSPS) is 22.8. The first-order valence-corrected chi connectivity index (χ1v) is 21.2. The number of hydrogen-bond acceptors (Lipinski definition) is 9. The van der Waals surface area contributed by atoms with E-state index in [1.165, 1.54) is 121 Å². The Morgan fingerprint density at radius 1 is 0.698 bits per heavy atom. The Morgan fingerprint density at radius 2 is 1.23 bits per heavy atom. The third-order valence-corrected chi connectivity index (χ3v) is 10.2. The SMILES string of the molecule is CCCCCCCCCCCCCC/C=C/C(O)C(=O)NC(CO[C@@H]1OC(CO)[C@@H](O)[C@H](O)C1O)C(O)/C=C/CC/C=C(\C)CCCCCCCCC. The Hall–Kier alpha value is -1.63. The van der Waals surface area contributed by atoms with Crippen molar-refractivity contribution in [1.29, 1.82) is 0 Å². The van der Waals surface area contributed by atoms with Gasteiger partial charge >= 0.3 is 0 Å². The van der Waals surface area contributed by atoms with Crippen LogP contribution in [0.5, 0.6) is 0 Å². The second-order valence-electron chi connectivity index (χ2n) is 15.1. The molecule has 1 aliphatic heterocycles. The zero-order chi connectivity index (χ0) is 39.1. The molecular weight excluding hydrogens is 674 g/mol. The third kappa shape index (κ3) is 23.8. The lowest BCUT2D eigenvalue weighted by Gasteiger charge is -2.40. The number of aliphatic hydroxyl groups excluding tert-OH is 6. The summed E-state index contributed by atoms with van der Waals surface area (Å²) >= 11 is 0. The van der Waals surface area contributed by atoms with Gasteiger partial charge in [0.25, 0.3) is 5.91 Å². The van der Waals surface area contributed by atoms with E-state index < -0.39 is 61.5 Å². The van der Waals surface area contributed by atoms with E-state index in [1.807, 2.05) is 6.08 Å². The number of nitrogens with one attached hydrogen (secondary N) is 1. The fourth-order valence-electron chi connectivity index (χ4n) is 6.57. The molecule has 1 rings (SSSR count). The van der Waals surface area contributed by atoms with Crippen LogP contribution in [0.15, 0.2) is 36.0 Å². The molecule has 0 bridgehead atoms. The van der Waals surface area contributed by atoms with Crippen LogP contribution in [0.4, 0.5) is 0 Å². The highest BCUT2D eigenvalue weighted by Gasteiger charge is 2.44. The van der Waals surface area contributed by atoms with Crippen LogP contribution in [-0.4, -0.2) is 98.7 Å². The number of amides is 1. The molecular formula is C43H79NO9. The molecule has 1 amide bonds. The topological polar surface area (TPSA) is 169 Å². The van der Waals surface area contributed by atoms with E-state index in [4.69, 9.17) is 9.47 Å². The monoisotopic (exact) mass is 754 g/mol. The number of hydrogen-bond donors (Lipinski definition) is 7. The highest BCUT2D eigenvalue weighted by Crippen LogP contribution is 2.22. The van der Waals surface area contributed by atoms with E-state index in [2.05, 4.69) is 32.2 Å². The van der Waals surface area contributed by atoms with Crippen molar-refractivity contribution >= 4 is 5.91 Å². The minimum absolute atomic E-state index is 0.341. The van der Waals surface area contributed by atoms with E-state index in [9.17, 15) is 35.4 Å². The number of aliphatic hydroxyl groups is 6. The molecule has 0 spiro atoms. The average Bonchev–Trinajstić information content (AvgIpc) is 3.15. The zero-order valence-corrected chi connectivity index (χ0v) is 33.6. The second kappa shape index (κ2) is 32.6. The van der Waals surface area contributed by atoms with Gasteiger partial charge in [-0.1, -0.05) is 159 Å². The van der Waals surface area contributed by atoms with Crippen LogP contribution in [0.25, 0.3) is 0 Å². The van der Waals surface area contributed by atoms with Gasteiger partial charge in [0.2, 0.25) is 0 Å². The molecule has 1 aliphatic rings. The fraction of sp³-hybridized carbons (Fsp3) is 0.837. The number of ether oxygens (including phenoxy) is 2. The summed E-state index contributed by atoms with van der Waals surface area (Å²) in [6, 6.07) is -1.03. The Bertz CT molecular complexity index is 971. The van der Waals surface area contributed by atoms with Crippen LogP contribution in [0.1, 0.15) is 168 Å². The summed E-state index contributed by atoms with van der Waals surface area (Å²) in [7, 11) is 0. The largest absolute Gasteiger partial charge is 0.394 e. The molecule has 1 fully saturated rings. The van der Waals surface area contributed by atoms with Crippen molar-refractivity contribution < 1.29 is 44.9 Å². The molecule has 7 N–H and O–H groups in total. The molecule has 0 aromatic carbocycles. The summed E-state index contributed by atoms with van der Waals surface area (Å²) in [6.45, 7) is 5.67. The van der Waals surface area contributed by atoms with Crippen molar-refractivity contribution in [3.63, 3.8) is 0 Å². The van der Waals surface area contributed by atoms with E-state index in [-0.39, 0.29) is 6.61 Å². The summed E-state index contributed by atoms with van der Waals surface area (Å²) in [5.41, 5.74) is 1.35. The van der Waals surface area contributed by atoms with Gasteiger partial charge in [-0.2, -0.15) is 0 Å². The van der Waals surface area contributed by atoms with Crippen molar-refractivity contribution in [1.82, 2.24) is 5.32 Å². The van der Waals surface area contributed by atoms with Crippen molar-refractivity contribution in [3.05, 3.63) is 36.0 Å². The standard InChI is InChI=1S/C43H79NO9/c1-4-6-8-10-12-13-14-15-16-17-18-20-22-26-31-37(47)42(51)44-35(33-52-43-41(50)40(49)39(48)38(32-45)53-43)36(46)30-27-23-25-29-34(3)28-24-21-19-11-9-7-5-2/h26-27,29-31,35-41,43,45-50H,4-25,28,32-33H2,1-3H3,(H,44,51)/b30-27+,31-26+,34-29+/t35?,36?,37?,38?,39-,40+,41?,43-/m1/s1. The van der Waals surface area contributed by atoms with Gasteiger partial charge in [0.05, 0.1) is 25.4 Å². The Morgan fingerprint density at radius 3 is 1.79 bits per heavy atom. The van der Waals surface area contributed by atoms with E-state index in [0.717, 1.165) is 32.1 Å². The van der Waals surface area contributed by atoms with Crippen LogP contribution in [0, 0.1) is 0 Å². The number of rotatable bonds is 33. The summed E-state index contributed by atoms with van der Waals surface area (Å²) in [5, 5.41) is 64.4. The average molecular weight is 754 g/mol. The highest BCUT2D eigenvalue weighted by atomic mass is 16.7. The first kappa shape index (κ1) is 49.4. The quantitative estimate of drug-likeness (QED) is 0.0274. The van der Waals surface area contributed by atoms with E-state index in [0.29, 0.717) is 6.42 Å². The summed E-state index contributed by atoms with van der Waals surface area (Å²) < 4.78 is 11.1. The van der Waals surface area contributed by atoms with E-state index >= 15 is 0 Å². The molecule has 53 heavy (non-hydrogen) atoms. The van der Waals surface area contributed by atoms with Gasteiger partial charge in [-0.15, -0.1) is 0 Å². The van der Waals surface area contributed by atoms with Crippen LogP contribution >= 0.6 is 0 Å². The van der Waals surface area contributed by atoms with Crippen LogP contribution in [-0.2, 0) is 14.3 Å². The molecule has 10 heteroatoms. The van der Waals surface area contributed by atoms with Gasteiger partial charge in [0.15, 0.2) is 12.4 Å². The molecule has 1 saturated heterocycles. The van der Waals surface area contributed by atoms with Gasteiger partial charge in [-0.25, -0.2) is 0 Å². The lowest BCUT2D eigenvalue weighted by Crippen LogP contribution is -2.60. The molecule has 10 nitrogen and oxygen atoms in total.